The van der Waals surface area contributed by atoms with Crippen molar-refractivity contribution in [2.24, 2.45) is 0 Å². The van der Waals surface area contributed by atoms with E-state index >= 15 is 0 Å². The first-order chi connectivity index (χ1) is 6.29. The van der Waals surface area contributed by atoms with E-state index in [9.17, 15) is 9.59 Å². The largest absolute Gasteiger partial charge is 0.434 e. The summed E-state index contributed by atoms with van der Waals surface area (Å²) in [4.78, 5) is 28.6. The first-order valence-corrected chi connectivity index (χ1v) is 3.27. The third-order valence-corrected chi connectivity index (χ3v) is 0.709. The summed E-state index contributed by atoms with van der Waals surface area (Å²) in [7, 11) is 0. The van der Waals surface area contributed by atoms with Gasteiger partial charge in [-0.3, -0.25) is 9.68 Å². The van der Waals surface area contributed by atoms with E-state index in [1.165, 1.54) is 0 Å². The van der Waals surface area contributed by atoms with Crippen LogP contribution < -0.4 is 0 Å². The van der Waals surface area contributed by atoms with Gasteiger partial charge in [-0.2, -0.15) is 0 Å². The Kier molecular flexibility index (Phi) is 11.1. The molecule has 0 aliphatic carbocycles. The van der Waals surface area contributed by atoms with Gasteiger partial charge < -0.3 is 4.74 Å². The highest BCUT2D eigenvalue weighted by Crippen LogP contribution is 1.96. The highest BCUT2D eigenvalue weighted by Gasteiger charge is 2.16. The van der Waals surface area contributed by atoms with E-state index in [0.717, 1.165) is 0 Å². The Labute approximate surface area is 76.5 Å². The lowest BCUT2D eigenvalue weighted by Gasteiger charge is -1.92. The monoisotopic (exact) mass is 188 g/mol. The van der Waals surface area contributed by atoms with Crippen molar-refractivity contribution in [2.75, 3.05) is 6.79 Å². The lowest BCUT2D eigenvalue weighted by atomic mass is 10.4. The molecule has 1 fully saturated rings. The molecule has 1 aliphatic rings. The molecule has 0 spiro atoms. The topological polar surface area (TPSA) is 61.8 Å². The highest BCUT2D eigenvalue weighted by atomic mass is 17.2. The Bertz CT molecular complexity index is 148. The summed E-state index contributed by atoms with van der Waals surface area (Å²) >= 11 is 0. The van der Waals surface area contributed by atoms with Gasteiger partial charge in [0.2, 0.25) is 6.79 Å². The van der Waals surface area contributed by atoms with Crippen LogP contribution in [-0.4, -0.2) is 18.7 Å². The zero-order valence-electron chi connectivity index (χ0n) is 7.28. The second-order valence-corrected chi connectivity index (χ2v) is 1.38. The van der Waals surface area contributed by atoms with Gasteiger partial charge in [-0.25, -0.2) is 4.79 Å². The Morgan fingerprint density at radius 3 is 2.08 bits per heavy atom. The lowest BCUT2D eigenvalue weighted by molar-refractivity contribution is -0.295. The molecule has 0 bridgehead atoms. The zero-order valence-corrected chi connectivity index (χ0v) is 7.28. The molecule has 5 nitrogen and oxygen atoms in total. The highest BCUT2D eigenvalue weighted by molar-refractivity contribution is 5.91. The van der Waals surface area contributed by atoms with Crippen molar-refractivity contribution in [3.8, 4) is 0 Å². The van der Waals surface area contributed by atoms with Gasteiger partial charge in [0.25, 0.3) is 0 Å². The third kappa shape index (κ3) is 8.28. The number of hydrogen-bond donors (Lipinski definition) is 0. The molecule has 5 heteroatoms. The van der Waals surface area contributed by atoms with Gasteiger partial charge in [-0.05, 0) is 0 Å². The SMILES string of the molecule is C=C.C=C.O=C1CC(=O)OOCO1. The molecule has 13 heavy (non-hydrogen) atoms. The lowest BCUT2D eigenvalue weighted by Crippen LogP contribution is -2.06. The molecule has 0 aromatic carbocycles. The van der Waals surface area contributed by atoms with E-state index in [4.69, 9.17) is 0 Å². The quantitative estimate of drug-likeness (QED) is 0.245. The molecule has 0 radical (unpaired) electrons. The molecule has 0 aromatic heterocycles. The maximum Gasteiger partial charge on any atom is 0.353 e. The van der Waals surface area contributed by atoms with E-state index in [0.29, 0.717) is 0 Å². The van der Waals surface area contributed by atoms with Gasteiger partial charge in [-0.15, -0.1) is 31.2 Å². The van der Waals surface area contributed by atoms with Crippen LogP contribution in [0, 0.1) is 0 Å². The van der Waals surface area contributed by atoms with Crippen molar-refractivity contribution in [3.05, 3.63) is 26.3 Å². The summed E-state index contributed by atoms with van der Waals surface area (Å²) in [5, 5.41) is 0. The van der Waals surface area contributed by atoms with Gasteiger partial charge in [0.1, 0.15) is 6.42 Å². The van der Waals surface area contributed by atoms with Crippen molar-refractivity contribution in [1.29, 1.82) is 0 Å². The minimum atomic E-state index is -0.725. The number of ether oxygens (including phenoxy) is 1. The third-order valence-electron chi connectivity index (χ3n) is 0.709. The predicted molar refractivity (Wildman–Crippen MR) is 45.3 cm³/mol. The average molecular weight is 188 g/mol. The van der Waals surface area contributed by atoms with Crippen LogP contribution in [0.3, 0.4) is 0 Å². The molecule has 1 saturated heterocycles. The molecule has 1 heterocycles. The van der Waals surface area contributed by atoms with Crippen molar-refractivity contribution in [1.82, 2.24) is 0 Å². The Morgan fingerprint density at radius 1 is 1.00 bits per heavy atom. The molecule has 0 N–H and O–H groups in total. The first kappa shape index (κ1) is 13.9. The van der Waals surface area contributed by atoms with Crippen LogP contribution >= 0.6 is 0 Å². The molecular formula is C8H12O5. The summed E-state index contributed by atoms with van der Waals surface area (Å²) in [5.41, 5.74) is 0. The predicted octanol–water partition coefficient (Wildman–Crippen LogP) is 0.970. The van der Waals surface area contributed by atoms with E-state index < -0.39 is 11.9 Å². The molecule has 1 rings (SSSR count). The number of carbonyl (C=O) groups is 2. The van der Waals surface area contributed by atoms with Crippen molar-refractivity contribution < 1.29 is 24.1 Å². The standard InChI is InChI=1S/C4H4O5.2C2H4/c5-3-1-4(6)9-8-2-7-3;2*1-2/h1-2H2;2*1-2H2. The number of esters is 1. The van der Waals surface area contributed by atoms with Gasteiger partial charge in [0, 0.05) is 0 Å². The smallest absolute Gasteiger partial charge is 0.353 e. The normalized spacial score (nSPS) is 14.5. The molecule has 74 valence electrons. The fraction of sp³-hybridized carbons (Fsp3) is 0.250. The first-order valence-electron chi connectivity index (χ1n) is 3.27. The molecule has 1 aliphatic heterocycles. The maximum absolute atomic E-state index is 10.3. The Balaban J connectivity index is 0. The van der Waals surface area contributed by atoms with Gasteiger partial charge in [0.05, 0.1) is 0 Å². The van der Waals surface area contributed by atoms with Gasteiger partial charge >= 0.3 is 11.9 Å². The van der Waals surface area contributed by atoms with E-state index in [2.05, 4.69) is 40.8 Å². The second-order valence-electron chi connectivity index (χ2n) is 1.38. The average Bonchev–Trinajstić information content (AvgIpc) is 2.36. The Hall–Kier alpha value is -1.62. The fourth-order valence-corrected chi connectivity index (χ4v) is 0.378. The van der Waals surface area contributed by atoms with Gasteiger partial charge in [0.15, 0.2) is 0 Å². The molecule has 0 saturated carbocycles. The van der Waals surface area contributed by atoms with Crippen molar-refractivity contribution >= 4 is 11.9 Å². The van der Waals surface area contributed by atoms with Crippen LogP contribution in [0.2, 0.25) is 0 Å². The van der Waals surface area contributed by atoms with Gasteiger partial charge in [-0.1, -0.05) is 0 Å². The summed E-state index contributed by atoms with van der Waals surface area (Å²) in [5.74, 6) is -1.35. The van der Waals surface area contributed by atoms with Crippen LogP contribution in [0.25, 0.3) is 0 Å². The summed E-state index contributed by atoms with van der Waals surface area (Å²) < 4.78 is 4.27. The van der Waals surface area contributed by atoms with E-state index in [1.807, 2.05) is 0 Å². The fourth-order valence-electron chi connectivity index (χ4n) is 0.378. The maximum atomic E-state index is 10.3. The number of carbonyl (C=O) groups excluding carboxylic acids is 2. The summed E-state index contributed by atoms with van der Waals surface area (Å²) in [6.45, 7) is 11.7. The molecule has 0 aromatic rings. The minimum absolute atomic E-state index is 0.315. The summed E-state index contributed by atoms with van der Waals surface area (Å²) in [6.07, 6.45) is -0.375. The van der Waals surface area contributed by atoms with Crippen LogP contribution in [0.1, 0.15) is 6.42 Å². The minimum Gasteiger partial charge on any atom is -0.434 e. The van der Waals surface area contributed by atoms with Crippen LogP contribution in [0.15, 0.2) is 26.3 Å². The van der Waals surface area contributed by atoms with E-state index in [-0.39, 0.29) is 13.2 Å². The summed E-state index contributed by atoms with van der Waals surface area (Å²) in [6, 6.07) is 0. The number of rotatable bonds is 0. The zero-order chi connectivity index (χ0) is 10.7. The number of cyclic esters (lactones) is 1. The van der Waals surface area contributed by atoms with Crippen molar-refractivity contribution in [3.63, 3.8) is 0 Å². The van der Waals surface area contributed by atoms with Crippen LogP contribution in [-0.2, 0) is 24.1 Å². The molecular weight excluding hydrogens is 176 g/mol. The van der Waals surface area contributed by atoms with Crippen molar-refractivity contribution in [2.45, 2.75) is 6.42 Å². The Morgan fingerprint density at radius 2 is 1.54 bits per heavy atom. The molecule has 0 unspecified atom stereocenters. The second kappa shape index (κ2) is 10.4. The van der Waals surface area contributed by atoms with E-state index in [1.54, 1.807) is 0 Å². The number of hydrogen-bond acceptors (Lipinski definition) is 5. The molecule has 0 amide bonds. The van der Waals surface area contributed by atoms with Crippen LogP contribution in [0.4, 0.5) is 0 Å². The van der Waals surface area contributed by atoms with Crippen LogP contribution in [0.5, 0.6) is 0 Å². The molecule has 0 atom stereocenters.